The van der Waals surface area contributed by atoms with Crippen LogP contribution in [0.3, 0.4) is 0 Å². The first-order valence-electron chi connectivity index (χ1n) is 7.49. The molecule has 3 aromatic rings. The zero-order valence-corrected chi connectivity index (χ0v) is 14.4. The predicted octanol–water partition coefficient (Wildman–Crippen LogP) is 2.15. The molecular weight excluding hydrogens is 326 g/mol. The third-order valence-corrected chi connectivity index (χ3v) is 4.31. The Labute approximate surface area is 144 Å². The van der Waals surface area contributed by atoms with Gasteiger partial charge in [0.1, 0.15) is 23.1 Å². The Kier molecular flexibility index (Phi) is 5.39. The molecule has 0 saturated heterocycles. The number of hydrogen-bond acceptors (Lipinski definition) is 7. The lowest BCUT2D eigenvalue weighted by molar-refractivity contribution is 0.304. The van der Waals surface area contributed by atoms with Gasteiger partial charge in [-0.25, -0.2) is 4.98 Å². The van der Waals surface area contributed by atoms with Crippen molar-refractivity contribution in [3.05, 3.63) is 52.2 Å². The fourth-order valence-corrected chi connectivity index (χ4v) is 2.81. The summed E-state index contributed by atoms with van der Waals surface area (Å²) >= 11 is 1.60. The van der Waals surface area contributed by atoms with E-state index in [0.717, 1.165) is 27.9 Å². The van der Waals surface area contributed by atoms with Crippen LogP contribution in [0.5, 0.6) is 11.5 Å². The lowest BCUT2D eigenvalue weighted by Crippen LogP contribution is -2.15. The maximum absolute atomic E-state index is 5.74. The Balaban J connectivity index is 1.45. The van der Waals surface area contributed by atoms with Gasteiger partial charge in [0, 0.05) is 25.5 Å². The van der Waals surface area contributed by atoms with Crippen LogP contribution in [0.25, 0.3) is 0 Å². The highest BCUT2D eigenvalue weighted by Gasteiger charge is 2.05. The molecule has 2 aromatic heterocycles. The first-order valence-corrected chi connectivity index (χ1v) is 8.37. The van der Waals surface area contributed by atoms with Gasteiger partial charge >= 0.3 is 0 Å². The third kappa shape index (κ3) is 4.30. The summed E-state index contributed by atoms with van der Waals surface area (Å²) in [5.74, 6) is 1.61. The largest absolute Gasteiger partial charge is 0.497 e. The van der Waals surface area contributed by atoms with E-state index in [1.165, 1.54) is 0 Å². The van der Waals surface area contributed by atoms with Crippen LogP contribution in [-0.4, -0.2) is 27.1 Å². The molecule has 8 heteroatoms. The normalized spacial score (nSPS) is 10.8. The van der Waals surface area contributed by atoms with Crippen molar-refractivity contribution in [3.8, 4) is 11.5 Å². The highest BCUT2D eigenvalue weighted by Crippen LogP contribution is 2.19. The summed E-state index contributed by atoms with van der Waals surface area (Å²) < 4.78 is 12.6. The van der Waals surface area contributed by atoms with Gasteiger partial charge in [-0.05, 0) is 24.3 Å². The van der Waals surface area contributed by atoms with Gasteiger partial charge in [-0.2, -0.15) is 0 Å². The van der Waals surface area contributed by atoms with Crippen LogP contribution >= 0.6 is 11.3 Å². The van der Waals surface area contributed by atoms with Crippen molar-refractivity contribution in [2.75, 3.05) is 7.11 Å². The minimum Gasteiger partial charge on any atom is -0.497 e. The quantitative estimate of drug-likeness (QED) is 0.674. The molecule has 0 unspecified atom stereocenters. The molecule has 0 aliphatic rings. The molecule has 3 rings (SSSR count). The molecule has 0 fully saturated rings. The van der Waals surface area contributed by atoms with Gasteiger partial charge in [0.2, 0.25) is 0 Å². The zero-order valence-electron chi connectivity index (χ0n) is 13.6. The van der Waals surface area contributed by atoms with Crippen molar-refractivity contribution >= 4 is 11.3 Å². The minimum absolute atomic E-state index is 0.461. The van der Waals surface area contributed by atoms with Crippen molar-refractivity contribution in [2.45, 2.75) is 19.7 Å². The van der Waals surface area contributed by atoms with E-state index in [-0.39, 0.29) is 0 Å². The molecule has 0 amide bonds. The molecule has 2 heterocycles. The molecule has 24 heavy (non-hydrogen) atoms. The Morgan fingerprint density at radius 2 is 1.96 bits per heavy atom. The van der Waals surface area contributed by atoms with Crippen molar-refractivity contribution < 1.29 is 9.47 Å². The van der Waals surface area contributed by atoms with Crippen LogP contribution < -0.4 is 14.8 Å². The molecule has 126 valence electrons. The van der Waals surface area contributed by atoms with E-state index < -0.39 is 0 Å². The molecule has 1 aromatic carbocycles. The van der Waals surface area contributed by atoms with Crippen molar-refractivity contribution in [2.24, 2.45) is 7.05 Å². The molecule has 1 N–H and O–H groups in total. The zero-order chi connectivity index (χ0) is 16.8. The smallest absolute Gasteiger partial charge is 0.140 e. The summed E-state index contributed by atoms with van der Waals surface area (Å²) in [6.07, 6.45) is 1.75. The van der Waals surface area contributed by atoms with Crippen LogP contribution in [-0.2, 0) is 26.7 Å². The van der Waals surface area contributed by atoms with E-state index >= 15 is 0 Å². The molecule has 0 saturated carbocycles. The molecule has 0 radical (unpaired) electrons. The molecule has 0 aliphatic carbocycles. The summed E-state index contributed by atoms with van der Waals surface area (Å²) in [5, 5.41) is 14.1. The van der Waals surface area contributed by atoms with Gasteiger partial charge in [-0.1, -0.05) is 5.21 Å². The van der Waals surface area contributed by atoms with Crippen molar-refractivity contribution in [1.82, 2.24) is 25.3 Å². The molecule has 0 bridgehead atoms. The SMILES string of the molecule is COc1ccc(OCc2nc(CNCc3cnnn3C)cs2)cc1. The molecular formula is C16H19N5O2S. The second-order valence-electron chi connectivity index (χ2n) is 5.15. The monoisotopic (exact) mass is 345 g/mol. The van der Waals surface area contributed by atoms with E-state index in [9.17, 15) is 0 Å². The summed E-state index contributed by atoms with van der Waals surface area (Å²) in [5.41, 5.74) is 2.04. The first-order chi connectivity index (χ1) is 11.7. The fourth-order valence-electron chi connectivity index (χ4n) is 2.10. The van der Waals surface area contributed by atoms with Crippen LogP contribution in [0.4, 0.5) is 0 Å². The maximum atomic E-state index is 5.74. The topological polar surface area (TPSA) is 74.1 Å². The summed E-state index contributed by atoms with van der Waals surface area (Å²) in [7, 11) is 3.52. The Hall–Kier alpha value is -2.45. The number of nitrogens with zero attached hydrogens (tertiary/aromatic N) is 4. The number of methoxy groups -OCH3 is 1. The van der Waals surface area contributed by atoms with E-state index in [1.54, 1.807) is 29.3 Å². The average Bonchev–Trinajstić information content (AvgIpc) is 3.23. The standard InChI is InChI=1S/C16H19N5O2S/c1-21-13(9-18-20-21)8-17-7-12-11-24-16(19-12)10-23-15-5-3-14(22-2)4-6-15/h3-6,9,11,17H,7-8,10H2,1-2H3. The Morgan fingerprint density at radius 3 is 2.67 bits per heavy atom. The third-order valence-electron chi connectivity index (χ3n) is 3.44. The Bertz CT molecular complexity index is 769. The van der Waals surface area contributed by atoms with Gasteiger partial charge in [0.15, 0.2) is 0 Å². The molecule has 0 atom stereocenters. The first kappa shape index (κ1) is 16.4. The number of thiazole rings is 1. The highest BCUT2D eigenvalue weighted by molar-refractivity contribution is 7.09. The highest BCUT2D eigenvalue weighted by atomic mass is 32.1. The number of hydrogen-bond donors (Lipinski definition) is 1. The van der Waals surface area contributed by atoms with E-state index in [1.807, 2.05) is 36.7 Å². The maximum Gasteiger partial charge on any atom is 0.140 e. The van der Waals surface area contributed by atoms with E-state index in [4.69, 9.17) is 9.47 Å². The number of aromatic nitrogens is 4. The summed E-state index contributed by atoms with van der Waals surface area (Å²) in [6.45, 7) is 1.87. The van der Waals surface area contributed by atoms with Crippen LogP contribution in [0, 0.1) is 0 Å². The summed E-state index contributed by atoms with van der Waals surface area (Å²) in [4.78, 5) is 4.57. The van der Waals surface area contributed by atoms with Gasteiger partial charge in [-0.15, -0.1) is 16.4 Å². The average molecular weight is 345 g/mol. The van der Waals surface area contributed by atoms with E-state index in [0.29, 0.717) is 19.7 Å². The molecule has 7 nitrogen and oxygen atoms in total. The molecule has 0 aliphatic heterocycles. The minimum atomic E-state index is 0.461. The van der Waals surface area contributed by atoms with Gasteiger partial charge in [-0.3, -0.25) is 4.68 Å². The lowest BCUT2D eigenvalue weighted by Gasteiger charge is -2.05. The van der Waals surface area contributed by atoms with Crippen molar-refractivity contribution in [1.29, 1.82) is 0 Å². The Morgan fingerprint density at radius 1 is 1.17 bits per heavy atom. The van der Waals surface area contributed by atoms with Gasteiger partial charge in [0.25, 0.3) is 0 Å². The number of ether oxygens (including phenoxy) is 2. The van der Waals surface area contributed by atoms with Crippen LogP contribution in [0.15, 0.2) is 35.8 Å². The second kappa shape index (κ2) is 7.89. The lowest BCUT2D eigenvalue weighted by atomic mass is 10.3. The van der Waals surface area contributed by atoms with E-state index in [2.05, 4.69) is 20.6 Å². The van der Waals surface area contributed by atoms with Crippen LogP contribution in [0.2, 0.25) is 0 Å². The number of rotatable bonds is 8. The van der Waals surface area contributed by atoms with Gasteiger partial charge in [0.05, 0.1) is 24.7 Å². The number of nitrogens with one attached hydrogen (secondary N) is 1. The second-order valence-corrected chi connectivity index (χ2v) is 6.09. The molecule has 0 spiro atoms. The fraction of sp³-hybridized carbons (Fsp3) is 0.312. The number of aryl methyl sites for hydroxylation is 1. The number of benzene rings is 1. The predicted molar refractivity (Wildman–Crippen MR) is 91.0 cm³/mol. The van der Waals surface area contributed by atoms with Gasteiger partial charge < -0.3 is 14.8 Å². The van der Waals surface area contributed by atoms with Crippen LogP contribution in [0.1, 0.15) is 16.4 Å². The summed E-state index contributed by atoms with van der Waals surface area (Å²) in [6, 6.07) is 7.52. The van der Waals surface area contributed by atoms with Crippen molar-refractivity contribution in [3.63, 3.8) is 0 Å².